The molecule has 0 fully saturated rings. The maximum Gasteiger partial charge on any atom is 0.416 e. The predicted octanol–water partition coefficient (Wildman–Crippen LogP) is 4.97. The molecule has 13 heteroatoms. The van der Waals surface area contributed by atoms with Crippen molar-refractivity contribution in [2.24, 2.45) is 0 Å². The number of nitrogens with one attached hydrogen (secondary N) is 1. The molecule has 1 aliphatic rings. The van der Waals surface area contributed by atoms with E-state index in [2.05, 4.69) is 16.3 Å². The van der Waals surface area contributed by atoms with E-state index in [1.165, 1.54) is 28.7 Å². The number of anilines is 2. The SMILES string of the molecule is COC(=O)C1=C(C)N(c2cccc(C(F)(F)F)c2)c2n[nH]c(=O)n2C1c1ccc(C#N)cc1CC[n+]1ccn(-c2ccccc2)c1. The molecule has 1 aliphatic heterocycles. The number of allylic oxidation sites excluding steroid dienone is 1. The fraction of sp³-hybridized carbons (Fsp3) is 0.182. The third-order valence-corrected chi connectivity index (χ3v) is 7.93. The maximum absolute atomic E-state index is 13.7. The van der Waals surface area contributed by atoms with E-state index in [4.69, 9.17) is 4.74 Å². The number of aromatic amines is 1. The second-order valence-corrected chi connectivity index (χ2v) is 10.6. The summed E-state index contributed by atoms with van der Waals surface area (Å²) >= 11 is 0. The van der Waals surface area contributed by atoms with Gasteiger partial charge in [0.1, 0.15) is 24.1 Å². The van der Waals surface area contributed by atoms with E-state index in [9.17, 15) is 28.0 Å². The van der Waals surface area contributed by atoms with E-state index in [0.29, 0.717) is 29.7 Å². The second-order valence-electron chi connectivity index (χ2n) is 10.6. The number of para-hydroxylation sites is 1. The van der Waals surface area contributed by atoms with Crippen molar-refractivity contribution < 1.29 is 27.3 Å². The lowest BCUT2D eigenvalue weighted by molar-refractivity contribution is -0.695. The number of carbonyl (C=O) groups excluding carboxylic acids is 1. The Hall–Kier alpha value is -5.90. The van der Waals surface area contributed by atoms with Crippen LogP contribution in [0.2, 0.25) is 0 Å². The number of hydrogen-bond donors (Lipinski definition) is 1. The lowest BCUT2D eigenvalue weighted by Crippen LogP contribution is -2.38. The molecule has 0 bridgehead atoms. The van der Waals surface area contributed by atoms with Crippen molar-refractivity contribution in [2.45, 2.75) is 32.1 Å². The highest BCUT2D eigenvalue weighted by Crippen LogP contribution is 2.43. The summed E-state index contributed by atoms with van der Waals surface area (Å²) in [6, 6.07) is 20.4. The van der Waals surface area contributed by atoms with Crippen molar-refractivity contribution in [2.75, 3.05) is 12.0 Å². The average Bonchev–Trinajstić information content (AvgIpc) is 3.69. The first-order chi connectivity index (χ1) is 22.1. The highest BCUT2D eigenvalue weighted by molar-refractivity contribution is 5.93. The molecule has 46 heavy (non-hydrogen) atoms. The van der Waals surface area contributed by atoms with Crippen LogP contribution in [0.3, 0.4) is 0 Å². The number of carbonyl (C=O) groups is 1. The normalized spacial score (nSPS) is 14.6. The van der Waals surface area contributed by atoms with Crippen LogP contribution in [-0.2, 0) is 28.7 Å². The van der Waals surface area contributed by atoms with Crippen LogP contribution in [0.25, 0.3) is 5.69 Å². The molecule has 10 nitrogen and oxygen atoms in total. The number of H-pyrrole nitrogens is 1. The number of aromatic nitrogens is 5. The molecular formula is C33H27F3N7O3+. The lowest BCUT2D eigenvalue weighted by atomic mass is 9.89. The largest absolute Gasteiger partial charge is 0.466 e. The zero-order valence-corrected chi connectivity index (χ0v) is 24.7. The van der Waals surface area contributed by atoms with Gasteiger partial charge in [-0.25, -0.2) is 28.4 Å². The molecule has 0 radical (unpaired) electrons. The molecule has 3 aromatic carbocycles. The average molecular weight is 627 g/mol. The number of imidazole rings is 1. The van der Waals surface area contributed by atoms with Gasteiger partial charge < -0.3 is 4.74 Å². The van der Waals surface area contributed by atoms with Crippen LogP contribution in [-0.4, -0.2) is 32.4 Å². The number of methoxy groups -OCH3 is 1. The van der Waals surface area contributed by atoms with E-state index in [0.717, 1.165) is 17.8 Å². The Labute approximate surface area is 260 Å². The molecule has 1 atom stereocenters. The van der Waals surface area contributed by atoms with Gasteiger partial charge in [0, 0.05) is 17.8 Å². The summed E-state index contributed by atoms with van der Waals surface area (Å²) in [7, 11) is 1.19. The second kappa shape index (κ2) is 11.9. The van der Waals surface area contributed by atoms with E-state index >= 15 is 0 Å². The Balaban J connectivity index is 1.46. The zero-order chi connectivity index (χ0) is 32.6. The topological polar surface area (TPSA) is 113 Å². The molecule has 1 unspecified atom stereocenters. The highest BCUT2D eigenvalue weighted by atomic mass is 19.4. The van der Waals surface area contributed by atoms with Crippen molar-refractivity contribution in [1.29, 1.82) is 5.26 Å². The molecule has 3 heterocycles. The monoisotopic (exact) mass is 626 g/mol. The number of halogens is 3. The first-order valence-corrected chi connectivity index (χ1v) is 14.2. The van der Waals surface area contributed by atoms with Gasteiger partial charge in [-0.1, -0.05) is 30.3 Å². The minimum Gasteiger partial charge on any atom is -0.466 e. The Kier molecular flexibility index (Phi) is 7.79. The van der Waals surface area contributed by atoms with Crippen molar-refractivity contribution in [3.8, 4) is 11.8 Å². The van der Waals surface area contributed by atoms with E-state index in [1.807, 2.05) is 58.2 Å². The lowest BCUT2D eigenvalue weighted by Gasteiger charge is -2.36. The number of aryl methyl sites for hydroxylation is 2. The van der Waals surface area contributed by atoms with Gasteiger partial charge >= 0.3 is 17.8 Å². The van der Waals surface area contributed by atoms with Gasteiger partial charge in [0.05, 0.1) is 36.4 Å². The van der Waals surface area contributed by atoms with Gasteiger partial charge in [-0.05, 0) is 60.5 Å². The quantitative estimate of drug-likeness (QED) is 0.202. The third-order valence-electron chi connectivity index (χ3n) is 7.93. The smallest absolute Gasteiger partial charge is 0.416 e. The predicted molar refractivity (Wildman–Crippen MR) is 160 cm³/mol. The van der Waals surface area contributed by atoms with Crippen molar-refractivity contribution >= 4 is 17.6 Å². The molecule has 0 saturated heterocycles. The number of nitriles is 1. The van der Waals surface area contributed by atoms with Crippen LogP contribution < -0.4 is 15.2 Å². The highest BCUT2D eigenvalue weighted by Gasteiger charge is 2.41. The summed E-state index contributed by atoms with van der Waals surface area (Å²) in [4.78, 5) is 28.2. The Morgan fingerprint density at radius 3 is 2.57 bits per heavy atom. The van der Waals surface area contributed by atoms with Crippen LogP contribution >= 0.6 is 0 Å². The molecule has 1 N–H and O–H groups in total. The maximum atomic E-state index is 13.7. The van der Waals surface area contributed by atoms with Gasteiger partial charge in [-0.3, -0.25) is 4.90 Å². The zero-order valence-electron chi connectivity index (χ0n) is 24.7. The molecule has 5 aromatic rings. The number of ether oxygens (including phenoxy) is 1. The van der Waals surface area contributed by atoms with E-state index in [-0.39, 0.29) is 22.9 Å². The fourth-order valence-electron chi connectivity index (χ4n) is 5.77. The third kappa shape index (κ3) is 5.45. The summed E-state index contributed by atoms with van der Waals surface area (Å²) in [6.45, 7) is 2.06. The number of fused-ring (bicyclic) bond motifs is 1. The molecule has 232 valence electrons. The van der Waals surface area contributed by atoms with Gasteiger partial charge in [0.25, 0.3) is 0 Å². The van der Waals surface area contributed by atoms with Crippen molar-refractivity contribution in [3.63, 3.8) is 0 Å². The number of rotatable bonds is 7. The number of hydrogen-bond acceptors (Lipinski definition) is 6. The minimum absolute atomic E-state index is 0.0101. The van der Waals surface area contributed by atoms with Crippen LogP contribution in [0.5, 0.6) is 0 Å². The van der Waals surface area contributed by atoms with Gasteiger partial charge in [-0.2, -0.15) is 18.4 Å². The first kappa shape index (κ1) is 30.1. The van der Waals surface area contributed by atoms with Crippen LogP contribution in [0, 0.1) is 11.3 Å². The number of benzene rings is 3. The van der Waals surface area contributed by atoms with E-state index in [1.54, 1.807) is 25.1 Å². The Morgan fingerprint density at radius 1 is 1.09 bits per heavy atom. The molecule has 0 spiro atoms. The van der Waals surface area contributed by atoms with Crippen LogP contribution in [0.4, 0.5) is 24.8 Å². The van der Waals surface area contributed by atoms with Crippen molar-refractivity contribution in [3.05, 3.63) is 136 Å². The molecule has 0 aliphatic carbocycles. The molecular weight excluding hydrogens is 599 g/mol. The number of nitrogens with zero attached hydrogens (tertiary/aromatic N) is 6. The van der Waals surface area contributed by atoms with Crippen LogP contribution in [0.15, 0.2) is 108 Å². The summed E-state index contributed by atoms with van der Waals surface area (Å²) in [5.74, 6) is -0.785. The van der Waals surface area contributed by atoms with Gasteiger partial charge in [0.15, 0.2) is 0 Å². The molecule has 0 saturated carbocycles. The first-order valence-electron chi connectivity index (χ1n) is 14.2. The summed E-state index contributed by atoms with van der Waals surface area (Å²) in [5, 5.41) is 16.3. The molecule has 2 aromatic heterocycles. The molecule has 0 amide bonds. The van der Waals surface area contributed by atoms with Gasteiger partial charge in [-0.15, -0.1) is 5.10 Å². The standard InChI is InChI=1S/C33H26F3N7O3/c1-21-28(30(44)46-2)29(43-31(38-39-32(43)45)42(21)26-10-6-7-24(18-26)33(34,35)36)27-12-11-22(19-37)17-23(27)13-14-40-15-16-41(20-40)25-8-4-3-5-9-25/h3-12,15-18,20,29H,13-14H2,1-2H3/p+1. The fourth-order valence-corrected chi connectivity index (χ4v) is 5.77. The van der Waals surface area contributed by atoms with Gasteiger partial charge in [0.2, 0.25) is 12.3 Å². The van der Waals surface area contributed by atoms with E-state index < -0.39 is 29.4 Å². The summed E-state index contributed by atoms with van der Waals surface area (Å²) in [5.41, 5.74) is 1.31. The summed E-state index contributed by atoms with van der Waals surface area (Å²) in [6.07, 6.45) is 1.55. The minimum atomic E-state index is -4.63. The van der Waals surface area contributed by atoms with Crippen molar-refractivity contribution in [1.82, 2.24) is 19.3 Å². The Bertz CT molecular complexity index is 2070. The Morgan fingerprint density at radius 2 is 1.85 bits per heavy atom. The number of esters is 1. The summed E-state index contributed by atoms with van der Waals surface area (Å²) < 4.78 is 51.3. The molecule has 6 rings (SSSR count). The number of alkyl halides is 3. The van der Waals surface area contributed by atoms with Crippen LogP contribution in [0.1, 0.15) is 35.2 Å².